The van der Waals surface area contributed by atoms with E-state index >= 15 is 0 Å². The lowest BCUT2D eigenvalue weighted by atomic mass is 9.98. The fraction of sp³-hybridized carbons (Fsp3) is 0.562. The van der Waals surface area contributed by atoms with Gasteiger partial charge in [-0.2, -0.15) is 0 Å². The molecule has 1 atom stereocenters. The summed E-state index contributed by atoms with van der Waals surface area (Å²) in [5.41, 5.74) is 3.26. The van der Waals surface area contributed by atoms with Crippen molar-refractivity contribution in [3.05, 3.63) is 29.3 Å². The Kier molecular flexibility index (Phi) is 7.15. The first-order chi connectivity index (χ1) is 9.58. The van der Waals surface area contributed by atoms with Gasteiger partial charge in [0.1, 0.15) is 0 Å². The fourth-order valence-electron chi connectivity index (χ4n) is 2.51. The van der Waals surface area contributed by atoms with Crippen molar-refractivity contribution in [1.29, 1.82) is 0 Å². The Labute approximate surface area is 133 Å². The van der Waals surface area contributed by atoms with Gasteiger partial charge in [-0.1, -0.05) is 32.0 Å². The molecule has 21 heavy (non-hydrogen) atoms. The Morgan fingerprint density at radius 1 is 1.48 bits per heavy atom. The number of hydrogen-bond donors (Lipinski definition) is 2. The minimum atomic E-state index is 0. The van der Waals surface area contributed by atoms with Crippen LogP contribution in [0.25, 0.3) is 0 Å². The van der Waals surface area contributed by atoms with E-state index in [0.717, 1.165) is 24.4 Å². The number of aryl methyl sites for hydroxylation is 1. The highest BCUT2D eigenvalue weighted by atomic mass is 35.5. The molecule has 1 aliphatic rings. The number of rotatable bonds is 4. The number of halogens is 1. The Hall–Kier alpha value is -1.10. The molecule has 0 aromatic heterocycles. The van der Waals surface area contributed by atoms with E-state index in [-0.39, 0.29) is 24.4 Å². The molecule has 1 aliphatic heterocycles. The quantitative estimate of drug-likeness (QED) is 0.899. The van der Waals surface area contributed by atoms with Gasteiger partial charge in [-0.25, -0.2) is 0 Å². The summed E-state index contributed by atoms with van der Waals surface area (Å²) in [4.78, 5) is 12.2. The van der Waals surface area contributed by atoms with Gasteiger partial charge in [-0.15, -0.1) is 12.4 Å². The topological polar surface area (TPSA) is 50.4 Å². The van der Waals surface area contributed by atoms with Crippen molar-refractivity contribution in [2.75, 3.05) is 25.1 Å². The molecule has 1 saturated heterocycles. The van der Waals surface area contributed by atoms with Crippen LogP contribution in [-0.4, -0.2) is 31.7 Å². The molecule has 0 radical (unpaired) electrons. The van der Waals surface area contributed by atoms with Gasteiger partial charge in [-0.3, -0.25) is 4.79 Å². The molecule has 118 valence electrons. The van der Waals surface area contributed by atoms with Gasteiger partial charge >= 0.3 is 0 Å². The van der Waals surface area contributed by atoms with Crippen molar-refractivity contribution in [1.82, 2.24) is 5.32 Å². The summed E-state index contributed by atoms with van der Waals surface area (Å²) in [6.07, 6.45) is 0.450. The zero-order valence-electron chi connectivity index (χ0n) is 12.9. The number of carbonyl (C=O) groups is 1. The second kappa shape index (κ2) is 8.37. The normalized spacial score (nSPS) is 18.2. The SMILES string of the molecule is Cc1cccc(C(C)C)c1NC(=O)CC1COCCN1.Cl. The Bertz CT molecular complexity index is 471. The molecule has 1 aromatic rings. The maximum Gasteiger partial charge on any atom is 0.226 e. The Balaban J connectivity index is 0.00000220. The van der Waals surface area contributed by atoms with E-state index < -0.39 is 0 Å². The standard InChI is InChI=1S/C16H24N2O2.ClH/c1-11(2)14-6-4-5-12(3)16(14)18-15(19)9-13-10-20-8-7-17-13;/h4-6,11,13,17H,7-10H2,1-3H3,(H,18,19);1H. The molecule has 0 aliphatic carbocycles. The predicted octanol–water partition coefficient (Wildman–Crippen LogP) is 2.86. The number of amides is 1. The van der Waals surface area contributed by atoms with E-state index in [9.17, 15) is 4.79 Å². The van der Waals surface area contributed by atoms with Crippen LogP contribution < -0.4 is 10.6 Å². The summed E-state index contributed by atoms with van der Waals surface area (Å²) >= 11 is 0. The second-order valence-corrected chi connectivity index (χ2v) is 5.67. The molecular formula is C16H25ClN2O2. The van der Waals surface area contributed by atoms with E-state index in [0.29, 0.717) is 18.9 Å². The highest BCUT2D eigenvalue weighted by Crippen LogP contribution is 2.27. The van der Waals surface area contributed by atoms with Crippen molar-refractivity contribution in [3.8, 4) is 0 Å². The third-order valence-electron chi connectivity index (χ3n) is 3.62. The maximum atomic E-state index is 12.2. The van der Waals surface area contributed by atoms with E-state index in [4.69, 9.17) is 4.74 Å². The average Bonchev–Trinajstić information content (AvgIpc) is 2.42. The number of nitrogens with one attached hydrogen (secondary N) is 2. The van der Waals surface area contributed by atoms with Crippen LogP contribution in [0.5, 0.6) is 0 Å². The lowest BCUT2D eigenvalue weighted by molar-refractivity contribution is -0.117. The summed E-state index contributed by atoms with van der Waals surface area (Å²) in [5.74, 6) is 0.436. The molecule has 5 heteroatoms. The lowest BCUT2D eigenvalue weighted by Crippen LogP contribution is -2.43. The van der Waals surface area contributed by atoms with Crippen molar-refractivity contribution in [2.45, 2.75) is 39.2 Å². The van der Waals surface area contributed by atoms with Crippen LogP contribution in [0.3, 0.4) is 0 Å². The van der Waals surface area contributed by atoms with Crippen molar-refractivity contribution < 1.29 is 9.53 Å². The molecule has 1 unspecified atom stereocenters. The van der Waals surface area contributed by atoms with Gasteiger partial charge < -0.3 is 15.4 Å². The molecule has 0 spiro atoms. The maximum absolute atomic E-state index is 12.2. The molecular weight excluding hydrogens is 288 g/mol. The van der Waals surface area contributed by atoms with Gasteiger partial charge in [0.05, 0.1) is 13.2 Å². The summed E-state index contributed by atoms with van der Waals surface area (Å²) in [7, 11) is 0. The molecule has 1 fully saturated rings. The third-order valence-corrected chi connectivity index (χ3v) is 3.62. The number of hydrogen-bond acceptors (Lipinski definition) is 3. The summed E-state index contributed by atoms with van der Waals surface area (Å²) in [6, 6.07) is 6.27. The van der Waals surface area contributed by atoms with Gasteiger partial charge in [0.15, 0.2) is 0 Å². The molecule has 4 nitrogen and oxygen atoms in total. The third kappa shape index (κ3) is 4.99. The lowest BCUT2D eigenvalue weighted by Gasteiger charge is -2.24. The summed E-state index contributed by atoms with van der Waals surface area (Å²) in [6.45, 7) is 8.47. The van der Waals surface area contributed by atoms with Gasteiger partial charge in [0.2, 0.25) is 5.91 Å². The minimum Gasteiger partial charge on any atom is -0.378 e. The predicted molar refractivity (Wildman–Crippen MR) is 88.4 cm³/mol. The van der Waals surface area contributed by atoms with Gasteiger partial charge in [0, 0.05) is 24.7 Å². The number of morpholine rings is 1. The Morgan fingerprint density at radius 2 is 2.24 bits per heavy atom. The first-order valence-electron chi connectivity index (χ1n) is 7.28. The number of para-hydroxylation sites is 1. The monoisotopic (exact) mass is 312 g/mol. The van der Waals surface area contributed by atoms with E-state index in [1.807, 2.05) is 19.1 Å². The number of ether oxygens (including phenoxy) is 1. The van der Waals surface area contributed by atoms with E-state index in [1.165, 1.54) is 5.56 Å². The molecule has 1 heterocycles. The van der Waals surface area contributed by atoms with Crippen LogP contribution in [0, 0.1) is 6.92 Å². The van der Waals surface area contributed by atoms with Crippen LogP contribution in [0.2, 0.25) is 0 Å². The molecule has 1 amide bonds. The number of benzene rings is 1. The zero-order chi connectivity index (χ0) is 14.5. The molecule has 0 saturated carbocycles. The largest absolute Gasteiger partial charge is 0.378 e. The van der Waals surface area contributed by atoms with Gasteiger partial charge in [0.25, 0.3) is 0 Å². The number of carbonyl (C=O) groups excluding carboxylic acids is 1. The van der Waals surface area contributed by atoms with Crippen LogP contribution in [0.1, 0.15) is 37.3 Å². The van der Waals surface area contributed by atoms with Crippen LogP contribution in [-0.2, 0) is 9.53 Å². The van der Waals surface area contributed by atoms with Crippen molar-refractivity contribution in [2.24, 2.45) is 0 Å². The summed E-state index contributed by atoms with van der Waals surface area (Å²) < 4.78 is 5.38. The molecule has 1 aromatic carbocycles. The van der Waals surface area contributed by atoms with E-state index in [2.05, 4.69) is 30.5 Å². The summed E-state index contributed by atoms with van der Waals surface area (Å²) in [5, 5.41) is 6.37. The van der Waals surface area contributed by atoms with Crippen LogP contribution in [0.4, 0.5) is 5.69 Å². The van der Waals surface area contributed by atoms with Gasteiger partial charge in [-0.05, 0) is 24.0 Å². The molecule has 2 rings (SSSR count). The first-order valence-corrected chi connectivity index (χ1v) is 7.28. The Morgan fingerprint density at radius 3 is 2.86 bits per heavy atom. The van der Waals surface area contributed by atoms with Crippen LogP contribution in [0.15, 0.2) is 18.2 Å². The van der Waals surface area contributed by atoms with Crippen molar-refractivity contribution in [3.63, 3.8) is 0 Å². The smallest absolute Gasteiger partial charge is 0.226 e. The minimum absolute atomic E-state index is 0. The van der Waals surface area contributed by atoms with Crippen LogP contribution >= 0.6 is 12.4 Å². The fourth-order valence-corrected chi connectivity index (χ4v) is 2.51. The first kappa shape index (κ1) is 18.0. The number of anilines is 1. The highest BCUT2D eigenvalue weighted by Gasteiger charge is 2.18. The van der Waals surface area contributed by atoms with E-state index in [1.54, 1.807) is 0 Å². The molecule has 2 N–H and O–H groups in total. The molecule has 0 bridgehead atoms. The highest BCUT2D eigenvalue weighted by molar-refractivity contribution is 5.92. The second-order valence-electron chi connectivity index (χ2n) is 5.67. The van der Waals surface area contributed by atoms with Crippen molar-refractivity contribution >= 4 is 24.0 Å². The average molecular weight is 313 g/mol. The zero-order valence-corrected chi connectivity index (χ0v) is 13.8.